The predicted octanol–water partition coefficient (Wildman–Crippen LogP) is 1.27. The van der Waals surface area contributed by atoms with E-state index in [1.165, 1.54) is 18.2 Å². The molecule has 0 radical (unpaired) electrons. The minimum absolute atomic E-state index is 0.00639. The average Bonchev–Trinajstić information content (AvgIpc) is 2.32. The molecule has 0 unspecified atom stereocenters. The van der Waals surface area contributed by atoms with Crippen LogP contribution in [0.2, 0.25) is 0 Å². The first-order chi connectivity index (χ1) is 8.43. The predicted molar refractivity (Wildman–Crippen MR) is 71.6 cm³/mol. The highest BCUT2D eigenvalue weighted by atomic mass is 32.2. The van der Waals surface area contributed by atoms with Crippen molar-refractivity contribution >= 4 is 26.9 Å². The summed E-state index contributed by atoms with van der Waals surface area (Å²) in [6, 6.07) is 10.6. The first-order valence-corrected chi connectivity index (χ1v) is 6.66. The summed E-state index contributed by atoms with van der Waals surface area (Å²) in [7, 11) is -3.70. The standard InChI is InChI=1S/C12H13N3O2S/c13-8-3-1-4-9(7-8)18(16,17)11-6-2-5-10(14)12(11)15/h1-7H,13-15H2. The van der Waals surface area contributed by atoms with Gasteiger partial charge in [0.1, 0.15) is 0 Å². The quantitative estimate of drug-likeness (QED) is 0.706. The fourth-order valence-electron chi connectivity index (χ4n) is 1.60. The number of anilines is 3. The summed E-state index contributed by atoms with van der Waals surface area (Å²) in [6.45, 7) is 0. The zero-order valence-electron chi connectivity index (χ0n) is 9.50. The molecule has 2 rings (SSSR count). The van der Waals surface area contributed by atoms with Crippen LogP contribution in [0.25, 0.3) is 0 Å². The molecule has 0 fully saturated rings. The number of para-hydroxylation sites is 1. The van der Waals surface area contributed by atoms with Gasteiger partial charge in [0.25, 0.3) is 0 Å². The fourth-order valence-corrected chi connectivity index (χ4v) is 3.07. The number of rotatable bonds is 2. The van der Waals surface area contributed by atoms with Crippen molar-refractivity contribution in [2.24, 2.45) is 0 Å². The minimum atomic E-state index is -3.70. The van der Waals surface area contributed by atoms with Crippen molar-refractivity contribution in [2.75, 3.05) is 17.2 Å². The number of benzene rings is 2. The van der Waals surface area contributed by atoms with E-state index in [9.17, 15) is 8.42 Å². The van der Waals surface area contributed by atoms with Crippen LogP contribution in [0.15, 0.2) is 52.3 Å². The van der Waals surface area contributed by atoms with Crippen molar-refractivity contribution in [1.29, 1.82) is 0 Å². The van der Waals surface area contributed by atoms with E-state index in [4.69, 9.17) is 17.2 Å². The Balaban J connectivity index is 2.66. The van der Waals surface area contributed by atoms with Gasteiger partial charge < -0.3 is 17.2 Å². The maximum Gasteiger partial charge on any atom is 0.208 e. The minimum Gasteiger partial charge on any atom is -0.399 e. The summed E-state index contributed by atoms with van der Waals surface area (Å²) in [5.41, 5.74) is 17.6. The molecular weight excluding hydrogens is 250 g/mol. The monoisotopic (exact) mass is 263 g/mol. The molecule has 5 nitrogen and oxygen atoms in total. The summed E-state index contributed by atoms with van der Waals surface area (Å²) >= 11 is 0. The van der Waals surface area contributed by atoms with E-state index in [1.54, 1.807) is 24.3 Å². The van der Waals surface area contributed by atoms with Gasteiger partial charge in [-0.25, -0.2) is 8.42 Å². The Morgan fingerprint density at radius 2 is 1.56 bits per heavy atom. The summed E-state index contributed by atoms with van der Waals surface area (Å²) in [5.74, 6) is 0. The number of sulfone groups is 1. The molecule has 0 aliphatic carbocycles. The lowest BCUT2D eigenvalue weighted by molar-refractivity contribution is 0.596. The Kier molecular flexibility index (Phi) is 2.88. The van der Waals surface area contributed by atoms with E-state index in [2.05, 4.69) is 0 Å². The molecule has 6 N–H and O–H groups in total. The van der Waals surface area contributed by atoms with Crippen LogP contribution >= 0.6 is 0 Å². The number of nitrogen functional groups attached to an aromatic ring is 3. The third-order valence-electron chi connectivity index (χ3n) is 2.56. The van der Waals surface area contributed by atoms with Crippen LogP contribution in [-0.2, 0) is 9.84 Å². The van der Waals surface area contributed by atoms with Gasteiger partial charge in [-0.05, 0) is 30.3 Å². The van der Waals surface area contributed by atoms with Gasteiger partial charge in [-0.2, -0.15) is 0 Å². The van der Waals surface area contributed by atoms with Crippen LogP contribution in [0, 0.1) is 0 Å². The Morgan fingerprint density at radius 1 is 0.889 bits per heavy atom. The van der Waals surface area contributed by atoms with Gasteiger partial charge >= 0.3 is 0 Å². The summed E-state index contributed by atoms with van der Waals surface area (Å²) in [5, 5.41) is 0. The molecule has 18 heavy (non-hydrogen) atoms. The van der Waals surface area contributed by atoms with E-state index < -0.39 is 9.84 Å². The largest absolute Gasteiger partial charge is 0.399 e. The van der Waals surface area contributed by atoms with Gasteiger partial charge in [0.15, 0.2) is 0 Å². The van der Waals surface area contributed by atoms with E-state index in [0.29, 0.717) is 5.69 Å². The topological polar surface area (TPSA) is 112 Å². The first-order valence-electron chi connectivity index (χ1n) is 5.17. The van der Waals surface area contributed by atoms with E-state index in [-0.39, 0.29) is 21.2 Å². The lowest BCUT2D eigenvalue weighted by Crippen LogP contribution is -2.07. The lowest BCUT2D eigenvalue weighted by atomic mass is 10.3. The SMILES string of the molecule is Nc1cccc(S(=O)(=O)c2cccc(N)c2N)c1. The molecular formula is C12H13N3O2S. The van der Waals surface area contributed by atoms with E-state index in [0.717, 1.165) is 0 Å². The molecule has 94 valence electrons. The number of nitrogens with two attached hydrogens (primary N) is 3. The molecule has 6 heteroatoms. The molecule has 0 heterocycles. The van der Waals surface area contributed by atoms with Crippen LogP contribution in [0.1, 0.15) is 0 Å². The van der Waals surface area contributed by atoms with Gasteiger partial charge in [-0.15, -0.1) is 0 Å². The second-order valence-electron chi connectivity index (χ2n) is 3.83. The van der Waals surface area contributed by atoms with E-state index >= 15 is 0 Å². The van der Waals surface area contributed by atoms with Crippen molar-refractivity contribution in [1.82, 2.24) is 0 Å². The molecule has 0 bridgehead atoms. The van der Waals surface area contributed by atoms with Gasteiger partial charge in [0, 0.05) is 5.69 Å². The molecule has 0 aliphatic heterocycles. The Bertz CT molecular complexity index is 696. The smallest absolute Gasteiger partial charge is 0.208 e. The normalized spacial score (nSPS) is 11.3. The Labute approximate surface area is 105 Å². The van der Waals surface area contributed by atoms with Gasteiger partial charge in [-0.3, -0.25) is 0 Å². The van der Waals surface area contributed by atoms with Crippen LogP contribution in [0.5, 0.6) is 0 Å². The van der Waals surface area contributed by atoms with E-state index in [1.807, 2.05) is 0 Å². The van der Waals surface area contributed by atoms with Gasteiger partial charge in [0.05, 0.1) is 21.2 Å². The third kappa shape index (κ3) is 1.98. The molecule has 0 aliphatic rings. The van der Waals surface area contributed by atoms with Crippen molar-refractivity contribution < 1.29 is 8.42 Å². The second-order valence-corrected chi connectivity index (χ2v) is 5.75. The maximum absolute atomic E-state index is 12.4. The molecule has 0 amide bonds. The van der Waals surface area contributed by atoms with Crippen molar-refractivity contribution in [3.8, 4) is 0 Å². The molecule has 0 spiro atoms. The van der Waals surface area contributed by atoms with Crippen LogP contribution in [-0.4, -0.2) is 8.42 Å². The first kappa shape index (κ1) is 12.3. The van der Waals surface area contributed by atoms with Crippen molar-refractivity contribution in [3.05, 3.63) is 42.5 Å². The fraction of sp³-hybridized carbons (Fsp3) is 0. The van der Waals surface area contributed by atoms with Gasteiger partial charge in [0.2, 0.25) is 9.84 Å². The number of hydrogen-bond donors (Lipinski definition) is 3. The molecule has 0 saturated heterocycles. The number of hydrogen-bond acceptors (Lipinski definition) is 5. The second kappa shape index (κ2) is 4.23. The zero-order valence-corrected chi connectivity index (χ0v) is 10.3. The van der Waals surface area contributed by atoms with Crippen molar-refractivity contribution in [2.45, 2.75) is 9.79 Å². The molecule has 0 atom stereocenters. The summed E-state index contributed by atoms with van der Waals surface area (Å²) in [6.07, 6.45) is 0. The van der Waals surface area contributed by atoms with Crippen molar-refractivity contribution in [3.63, 3.8) is 0 Å². The highest BCUT2D eigenvalue weighted by Gasteiger charge is 2.21. The summed E-state index contributed by atoms with van der Waals surface area (Å²) < 4.78 is 24.7. The lowest BCUT2D eigenvalue weighted by Gasteiger charge is -2.09. The molecule has 2 aromatic carbocycles. The van der Waals surface area contributed by atoms with Crippen LogP contribution in [0.3, 0.4) is 0 Å². The van der Waals surface area contributed by atoms with Crippen LogP contribution < -0.4 is 17.2 Å². The Morgan fingerprint density at radius 3 is 2.22 bits per heavy atom. The molecule has 2 aromatic rings. The van der Waals surface area contributed by atoms with Gasteiger partial charge in [-0.1, -0.05) is 12.1 Å². The molecule has 0 aromatic heterocycles. The third-order valence-corrected chi connectivity index (χ3v) is 4.37. The van der Waals surface area contributed by atoms with Crippen LogP contribution in [0.4, 0.5) is 17.1 Å². The summed E-state index contributed by atoms with van der Waals surface area (Å²) in [4.78, 5) is 0.0906. The maximum atomic E-state index is 12.4. The highest BCUT2D eigenvalue weighted by Crippen LogP contribution is 2.29. The average molecular weight is 263 g/mol. The molecule has 0 saturated carbocycles. The highest BCUT2D eigenvalue weighted by molar-refractivity contribution is 7.91. The zero-order chi connectivity index (χ0) is 13.3. The Hall–Kier alpha value is -2.21.